The molecule has 0 saturated carbocycles. The summed E-state index contributed by atoms with van der Waals surface area (Å²) in [5.74, 6) is 0.508. The highest BCUT2D eigenvalue weighted by Gasteiger charge is 2.60. The molecule has 1 unspecified atom stereocenters. The normalized spacial score (nSPS) is 29.1. The Kier molecular flexibility index (Phi) is 3.45. The molecule has 1 spiro atoms. The number of carbonyl (C=O) groups is 1. The lowest BCUT2D eigenvalue weighted by Crippen LogP contribution is -2.56. The highest BCUT2D eigenvalue weighted by atomic mass is 16.5. The third-order valence-electron chi connectivity index (χ3n) is 5.66. The number of aromatic nitrogens is 2. The molecular weight excluding hydrogens is 346 g/mol. The molecule has 1 saturated heterocycles. The second kappa shape index (κ2) is 5.75. The first kappa shape index (κ1) is 16.2. The Morgan fingerprint density at radius 2 is 2.07 bits per heavy atom. The van der Waals surface area contributed by atoms with E-state index in [0.29, 0.717) is 30.9 Å². The van der Waals surface area contributed by atoms with Crippen molar-refractivity contribution < 1.29 is 14.3 Å². The number of nitrogens with two attached hydrogens (primary N) is 1. The number of benzene rings is 1. The number of nitrogens with zero attached hydrogens (tertiary/aromatic N) is 4. The summed E-state index contributed by atoms with van der Waals surface area (Å²) in [5, 5.41) is 0. The van der Waals surface area contributed by atoms with Gasteiger partial charge in [0.1, 0.15) is 18.2 Å². The summed E-state index contributed by atoms with van der Waals surface area (Å²) < 4.78 is 11.9. The van der Waals surface area contributed by atoms with Crippen molar-refractivity contribution in [3.8, 4) is 16.9 Å². The van der Waals surface area contributed by atoms with E-state index in [-0.39, 0.29) is 23.9 Å². The second-order valence-corrected chi connectivity index (χ2v) is 7.07. The molecule has 5 rings (SSSR count). The fourth-order valence-electron chi connectivity index (χ4n) is 4.25. The van der Waals surface area contributed by atoms with Crippen molar-refractivity contribution >= 4 is 11.9 Å². The van der Waals surface area contributed by atoms with E-state index in [1.54, 1.807) is 19.4 Å². The maximum Gasteiger partial charge on any atom is 0.262 e. The zero-order valence-corrected chi connectivity index (χ0v) is 14.8. The third-order valence-corrected chi connectivity index (χ3v) is 5.66. The van der Waals surface area contributed by atoms with Gasteiger partial charge in [0.15, 0.2) is 11.5 Å². The lowest BCUT2D eigenvalue weighted by Gasteiger charge is -2.45. The molecule has 0 bridgehead atoms. The molecule has 8 heteroatoms. The van der Waals surface area contributed by atoms with Gasteiger partial charge in [-0.3, -0.25) is 9.69 Å². The monoisotopic (exact) mass is 365 g/mol. The van der Waals surface area contributed by atoms with Crippen LogP contribution in [0.5, 0.6) is 5.75 Å². The van der Waals surface area contributed by atoms with Crippen LogP contribution in [0.15, 0.2) is 41.9 Å². The first-order chi connectivity index (χ1) is 13.1. The van der Waals surface area contributed by atoms with Crippen LogP contribution in [0, 0.1) is 5.92 Å². The van der Waals surface area contributed by atoms with Gasteiger partial charge >= 0.3 is 0 Å². The molecule has 0 radical (unpaired) electrons. The Morgan fingerprint density at radius 1 is 1.26 bits per heavy atom. The highest BCUT2D eigenvalue weighted by Crippen LogP contribution is 2.51. The van der Waals surface area contributed by atoms with E-state index < -0.39 is 5.54 Å². The lowest BCUT2D eigenvalue weighted by molar-refractivity contribution is -0.141. The highest BCUT2D eigenvalue weighted by molar-refractivity contribution is 6.07. The van der Waals surface area contributed by atoms with E-state index in [0.717, 1.165) is 11.1 Å². The maximum absolute atomic E-state index is 13.4. The topological polar surface area (TPSA) is 103 Å². The molecule has 0 aliphatic carbocycles. The van der Waals surface area contributed by atoms with Gasteiger partial charge in [-0.25, -0.2) is 15.0 Å². The van der Waals surface area contributed by atoms with Crippen LogP contribution in [0.1, 0.15) is 12.0 Å². The molecule has 1 amide bonds. The van der Waals surface area contributed by atoms with Gasteiger partial charge in [-0.1, -0.05) is 6.07 Å². The van der Waals surface area contributed by atoms with Gasteiger partial charge in [-0.05, 0) is 17.7 Å². The van der Waals surface area contributed by atoms with Crippen LogP contribution >= 0.6 is 0 Å². The predicted octanol–water partition coefficient (Wildman–Crippen LogP) is 0.923. The van der Waals surface area contributed by atoms with Crippen LogP contribution in [-0.2, 0) is 15.1 Å². The molecule has 1 aromatic heterocycles. The number of likely N-dealkylation sites (N-methyl/N-ethyl adjacent to an activating group) is 1. The van der Waals surface area contributed by atoms with Crippen molar-refractivity contribution in [3.05, 3.63) is 42.5 Å². The van der Waals surface area contributed by atoms with Crippen LogP contribution in [0.25, 0.3) is 11.1 Å². The van der Waals surface area contributed by atoms with E-state index in [1.165, 1.54) is 11.2 Å². The van der Waals surface area contributed by atoms with Crippen LogP contribution < -0.4 is 10.5 Å². The molecule has 3 atom stereocenters. The second-order valence-electron chi connectivity index (χ2n) is 7.07. The standard InChI is InChI=1S/C19H19N5O3/c1-24-17(25)19(23-18(24)20)13-6-11(12-7-21-10-22-8-12)2-3-15(13)27-16-4-5-26-9-14(16)19/h2-3,6-8,10,14,16H,4-5,9H2,1H3,(H2,20,23)/t14-,16?,19-/m0/s1. The van der Waals surface area contributed by atoms with Crippen molar-refractivity contribution in [2.45, 2.75) is 18.1 Å². The Hall–Kier alpha value is -3.00. The largest absolute Gasteiger partial charge is 0.489 e. The number of rotatable bonds is 1. The zero-order valence-electron chi connectivity index (χ0n) is 14.8. The first-order valence-electron chi connectivity index (χ1n) is 8.89. The minimum absolute atomic E-state index is 0.135. The molecule has 4 heterocycles. The van der Waals surface area contributed by atoms with Crippen molar-refractivity contribution in [1.29, 1.82) is 0 Å². The van der Waals surface area contributed by atoms with Gasteiger partial charge < -0.3 is 15.2 Å². The number of guanidine groups is 1. The smallest absolute Gasteiger partial charge is 0.262 e. The summed E-state index contributed by atoms with van der Waals surface area (Å²) in [6.07, 6.45) is 5.53. The quantitative estimate of drug-likeness (QED) is 0.806. The number of amides is 1. The van der Waals surface area contributed by atoms with Gasteiger partial charge in [0, 0.05) is 37.0 Å². The summed E-state index contributed by atoms with van der Waals surface area (Å²) in [6, 6.07) is 5.77. The van der Waals surface area contributed by atoms with Crippen LogP contribution in [0.2, 0.25) is 0 Å². The Morgan fingerprint density at radius 3 is 2.81 bits per heavy atom. The van der Waals surface area contributed by atoms with Gasteiger partial charge in [0.2, 0.25) is 0 Å². The number of hydrogen-bond donors (Lipinski definition) is 1. The molecule has 1 fully saturated rings. The SMILES string of the molecule is CN1C(=O)[C@]2(N=C1N)c1cc(-c3cncnc3)ccc1OC1CCOC[C@@H]12. The Balaban J connectivity index is 1.73. The summed E-state index contributed by atoms with van der Waals surface area (Å²) in [5.41, 5.74) is 7.40. The Labute approximate surface area is 156 Å². The van der Waals surface area contributed by atoms with Crippen molar-refractivity contribution in [1.82, 2.24) is 14.9 Å². The summed E-state index contributed by atoms with van der Waals surface area (Å²) in [4.78, 5) is 27.6. The Bertz CT molecular complexity index is 948. The average Bonchev–Trinajstić information content (AvgIpc) is 2.94. The predicted molar refractivity (Wildman–Crippen MR) is 96.9 cm³/mol. The van der Waals surface area contributed by atoms with Gasteiger partial charge in [0.25, 0.3) is 5.91 Å². The first-order valence-corrected chi connectivity index (χ1v) is 8.89. The van der Waals surface area contributed by atoms with Gasteiger partial charge in [0.05, 0.1) is 19.1 Å². The minimum Gasteiger partial charge on any atom is -0.489 e. The number of ether oxygens (including phenoxy) is 2. The average molecular weight is 365 g/mol. The summed E-state index contributed by atoms with van der Waals surface area (Å²) in [6.45, 7) is 1.01. The molecule has 8 nitrogen and oxygen atoms in total. The van der Waals surface area contributed by atoms with E-state index in [2.05, 4.69) is 15.0 Å². The fourth-order valence-corrected chi connectivity index (χ4v) is 4.25. The third kappa shape index (κ3) is 2.19. The van der Waals surface area contributed by atoms with E-state index in [1.807, 2.05) is 18.2 Å². The molecule has 27 heavy (non-hydrogen) atoms. The molecule has 138 valence electrons. The van der Waals surface area contributed by atoms with Crippen molar-refractivity contribution in [3.63, 3.8) is 0 Å². The summed E-state index contributed by atoms with van der Waals surface area (Å²) >= 11 is 0. The van der Waals surface area contributed by atoms with Crippen LogP contribution in [0.4, 0.5) is 0 Å². The molecule has 2 aromatic rings. The van der Waals surface area contributed by atoms with Crippen LogP contribution in [0.3, 0.4) is 0 Å². The fraction of sp³-hybridized carbons (Fsp3) is 0.368. The number of hydrogen-bond acceptors (Lipinski definition) is 7. The van der Waals surface area contributed by atoms with E-state index in [9.17, 15) is 4.79 Å². The van der Waals surface area contributed by atoms with Crippen molar-refractivity contribution in [2.75, 3.05) is 20.3 Å². The number of carbonyl (C=O) groups excluding carboxylic acids is 1. The van der Waals surface area contributed by atoms with Crippen LogP contribution in [-0.4, -0.2) is 53.1 Å². The van der Waals surface area contributed by atoms with Crippen molar-refractivity contribution in [2.24, 2.45) is 16.6 Å². The number of fused-ring (bicyclic) bond motifs is 4. The molecule has 3 aliphatic rings. The molecule has 2 N–H and O–H groups in total. The zero-order chi connectivity index (χ0) is 18.6. The number of aliphatic imine (C=N–C) groups is 1. The molecular formula is C19H19N5O3. The van der Waals surface area contributed by atoms with E-state index in [4.69, 9.17) is 15.2 Å². The van der Waals surface area contributed by atoms with E-state index >= 15 is 0 Å². The maximum atomic E-state index is 13.4. The lowest BCUT2D eigenvalue weighted by atomic mass is 9.71. The van der Waals surface area contributed by atoms with Gasteiger partial charge in [-0.15, -0.1) is 0 Å². The minimum atomic E-state index is -1.12. The summed E-state index contributed by atoms with van der Waals surface area (Å²) in [7, 11) is 1.65. The van der Waals surface area contributed by atoms with Gasteiger partial charge in [-0.2, -0.15) is 0 Å². The molecule has 3 aliphatic heterocycles. The molecule has 1 aromatic carbocycles.